The first-order valence-electron chi connectivity index (χ1n) is 7.28. The van der Waals surface area contributed by atoms with Crippen LogP contribution in [0.2, 0.25) is 0 Å². The fourth-order valence-corrected chi connectivity index (χ4v) is 2.47. The summed E-state index contributed by atoms with van der Waals surface area (Å²) in [5.41, 5.74) is 2.86. The van der Waals surface area contributed by atoms with Crippen LogP contribution >= 0.6 is 0 Å². The van der Waals surface area contributed by atoms with Gasteiger partial charge in [0.05, 0.1) is 16.8 Å². The average molecular weight is 316 g/mol. The molecule has 3 heterocycles. The van der Waals surface area contributed by atoms with Gasteiger partial charge in [0.1, 0.15) is 6.33 Å². The van der Waals surface area contributed by atoms with Crippen LogP contribution in [0.4, 0.5) is 5.95 Å². The number of para-hydroxylation sites is 1. The Bertz CT molecular complexity index is 998. The molecule has 24 heavy (non-hydrogen) atoms. The average Bonchev–Trinajstić information content (AvgIpc) is 3.14. The van der Waals surface area contributed by atoms with Gasteiger partial charge in [-0.1, -0.05) is 18.2 Å². The van der Waals surface area contributed by atoms with Gasteiger partial charge in [-0.25, -0.2) is 10.1 Å². The van der Waals surface area contributed by atoms with E-state index in [1.807, 2.05) is 36.4 Å². The maximum absolute atomic E-state index is 12.7. The summed E-state index contributed by atoms with van der Waals surface area (Å²) in [6, 6.07) is 13.0. The van der Waals surface area contributed by atoms with Crippen molar-refractivity contribution >= 4 is 22.8 Å². The van der Waals surface area contributed by atoms with Gasteiger partial charge in [0, 0.05) is 23.3 Å². The van der Waals surface area contributed by atoms with Crippen molar-refractivity contribution < 1.29 is 4.79 Å². The number of hydrogen-bond donors (Lipinski definition) is 2. The number of H-pyrrole nitrogens is 1. The maximum atomic E-state index is 12.7. The van der Waals surface area contributed by atoms with Crippen molar-refractivity contribution in [1.29, 1.82) is 0 Å². The Morgan fingerprint density at radius 3 is 2.71 bits per heavy atom. The van der Waals surface area contributed by atoms with E-state index in [9.17, 15) is 4.79 Å². The molecule has 0 aliphatic carbocycles. The number of pyridine rings is 2. The van der Waals surface area contributed by atoms with Crippen LogP contribution in [0.15, 0.2) is 61.2 Å². The maximum Gasteiger partial charge on any atom is 0.258 e. The molecule has 4 aromatic rings. The zero-order chi connectivity index (χ0) is 16.4. The van der Waals surface area contributed by atoms with Gasteiger partial charge in [-0.2, -0.15) is 10.1 Å². The SMILES string of the molecule is O=C(Nc1ncn[nH]1)c1cc(-c2ccncc2)nc2ccccc12. The fourth-order valence-electron chi connectivity index (χ4n) is 2.47. The molecule has 0 spiro atoms. The van der Waals surface area contributed by atoms with Crippen LogP contribution in [0, 0.1) is 0 Å². The topological polar surface area (TPSA) is 96.5 Å². The molecule has 4 rings (SSSR count). The number of amides is 1. The molecule has 2 N–H and O–H groups in total. The quantitative estimate of drug-likeness (QED) is 0.605. The molecule has 0 radical (unpaired) electrons. The third-order valence-corrected chi connectivity index (χ3v) is 3.58. The van der Waals surface area contributed by atoms with E-state index in [0.717, 1.165) is 16.5 Å². The monoisotopic (exact) mass is 316 g/mol. The van der Waals surface area contributed by atoms with E-state index >= 15 is 0 Å². The molecule has 0 bridgehead atoms. The number of fused-ring (bicyclic) bond motifs is 1. The highest BCUT2D eigenvalue weighted by Gasteiger charge is 2.14. The van der Waals surface area contributed by atoms with Gasteiger partial charge in [-0.3, -0.25) is 15.1 Å². The molecule has 3 aromatic heterocycles. The Morgan fingerprint density at radius 1 is 1.08 bits per heavy atom. The Labute approximate surface area is 136 Å². The molecule has 0 aliphatic heterocycles. The Morgan fingerprint density at radius 2 is 1.92 bits per heavy atom. The van der Waals surface area contributed by atoms with E-state index < -0.39 is 0 Å². The number of rotatable bonds is 3. The number of hydrogen-bond acceptors (Lipinski definition) is 5. The van der Waals surface area contributed by atoms with Crippen molar-refractivity contribution in [1.82, 2.24) is 25.1 Å². The van der Waals surface area contributed by atoms with E-state index in [1.165, 1.54) is 6.33 Å². The van der Waals surface area contributed by atoms with E-state index in [2.05, 4.69) is 30.5 Å². The molecule has 0 unspecified atom stereocenters. The Hall–Kier alpha value is -3.61. The summed E-state index contributed by atoms with van der Waals surface area (Å²) in [6.45, 7) is 0. The lowest BCUT2D eigenvalue weighted by molar-refractivity contribution is 0.102. The van der Waals surface area contributed by atoms with Gasteiger partial charge >= 0.3 is 0 Å². The van der Waals surface area contributed by atoms with Crippen LogP contribution in [-0.2, 0) is 0 Å². The number of anilines is 1. The minimum Gasteiger partial charge on any atom is -0.291 e. The Kier molecular flexibility index (Phi) is 3.43. The van der Waals surface area contributed by atoms with Crippen LogP contribution < -0.4 is 5.32 Å². The first-order chi connectivity index (χ1) is 11.8. The first kappa shape index (κ1) is 14.0. The predicted octanol–water partition coefficient (Wildman–Crippen LogP) is 2.67. The summed E-state index contributed by atoms with van der Waals surface area (Å²) < 4.78 is 0. The summed E-state index contributed by atoms with van der Waals surface area (Å²) in [7, 11) is 0. The highest BCUT2D eigenvalue weighted by molar-refractivity contribution is 6.12. The molecule has 0 fully saturated rings. The summed E-state index contributed by atoms with van der Waals surface area (Å²) >= 11 is 0. The van der Waals surface area contributed by atoms with Gasteiger partial charge in [-0.05, 0) is 24.3 Å². The zero-order valence-corrected chi connectivity index (χ0v) is 12.5. The highest BCUT2D eigenvalue weighted by Crippen LogP contribution is 2.25. The van der Waals surface area contributed by atoms with E-state index in [1.54, 1.807) is 18.5 Å². The van der Waals surface area contributed by atoms with Gasteiger partial charge in [0.2, 0.25) is 5.95 Å². The van der Waals surface area contributed by atoms with Gasteiger partial charge in [0.25, 0.3) is 5.91 Å². The third kappa shape index (κ3) is 2.58. The fraction of sp³-hybridized carbons (Fsp3) is 0. The number of aromatic nitrogens is 5. The molecule has 0 atom stereocenters. The van der Waals surface area contributed by atoms with Crippen molar-refractivity contribution in [3.05, 3.63) is 66.7 Å². The molecule has 0 saturated carbocycles. The van der Waals surface area contributed by atoms with Crippen LogP contribution in [0.5, 0.6) is 0 Å². The molecular formula is C17H12N6O. The minimum absolute atomic E-state index is 0.277. The number of benzene rings is 1. The Balaban J connectivity index is 1.85. The summed E-state index contributed by atoms with van der Waals surface area (Å²) in [5.74, 6) is 0.0204. The number of nitrogens with one attached hydrogen (secondary N) is 2. The van der Waals surface area contributed by atoms with Crippen molar-refractivity contribution in [3.8, 4) is 11.3 Å². The van der Waals surface area contributed by atoms with Gasteiger partial charge in [-0.15, -0.1) is 0 Å². The van der Waals surface area contributed by atoms with Crippen LogP contribution in [0.1, 0.15) is 10.4 Å². The molecule has 1 amide bonds. The standard InChI is InChI=1S/C17H12N6O/c24-16(22-17-19-10-20-23-17)13-9-15(11-5-7-18-8-6-11)21-14-4-2-1-3-12(13)14/h1-10H,(H2,19,20,22,23,24). The molecule has 7 nitrogen and oxygen atoms in total. The smallest absolute Gasteiger partial charge is 0.258 e. The van der Waals surface area contributed by atoms with Gasteiger partial charge in [0.15, 0.2) is 0 Å². The van der Waals surface area contributed by atoms with Crippen LogP contribution in [0.25, 0.3) is 22.2 Å². The molecule has 116 valence electrons. The molecule has 7 heteroatoms. The largest absolute Gasteiger partial charge is 0.291 e. The van der Waals surface area contributed by atoms with Crippen molar-refractivity contribution in [2.45, 2.75) is 0 Å². The van der Waals surface area contributed by atoms with Crippen molar-refractivity contribution in [2.75, 3.05) is 5.32 Å². The summed E-state index contributed by atoms with van der Waals surface area (Å²) in [5, 5.41) is 9.81. The summed E-state index contributed by atoms with van der Waals surface area (Å²) in [4.78, 5) is 25.2. The lowest BCUT2D eigenvalue weighted by Crippen LogP contribution is -2.14. The minimum atomic E-state index is -0.277. The van der Waals surface area contributed by atoms with Crippen LogP contribution in [0.3, 0.4) is 0 Å². The summed E-state index contributed by atoms with van der Waals surface area (Å²) in [6.07, 6.45) is 4.73. The molecule has 0 aliphatic rings. The molecular weight excluding hydrogens is 304 g/mol. The second kappa shape index (κ2) is 5.88. The number of carbonyl (C=O) groups is 1. The van der Waals surface area contributed by atoms with Crippen LogP contribution in [-0.4, -0.2) is 31.1 Å². The van der Waals surface area contributed by atoms with E-state index in [4.69, 9.17) is 0 Å². The van der Waals surface area contributed by atoms with E-state index in [-0.39, 0.29) is 5.91 Å². The first-order valence-corrected chi connectivity index (χ1v) is 7.28. The van der Waals surface area contributed by atoms with Gasteiger partial charge < -0.3 is 0 Å². The lowest BCUT2D eigenvalue weighted by atomic mass is 10.0. The molecule has 0 saturated heterocycles. The number of nitrogens with zero attached hydrogens (tertiary/aromatic N) is 4. The normalized spacial score (nSPS) is 10.7. The number of aromatic amines is 1. The zero-order valence-electron chi connectivity index (χ0n) is 12.5. The second-order valence-corrected chi connectivity index (χ2v) is 5.10. The second-order valence-electron chi connectivity index (χ2n) is 5.10. The van der Waals surface area contributed by atoms with Crippen molar-refractivity contribution in [2.24, 2.45) is 0 Å². The predicted molar refractivity (Wildman–Crippen MR) is 89.3 cm³/mol. The highest BCUT2D eigenvalue weighted by atomic mass is 16.1. The van der Waals surface area contributed by atoms with Crippen molar-refractivity contribution in [3.63, 3.8) is 0 Å². The third-order valence-electron chi connectivity index (χ3n) is 3.58. The van der Waals surface area contributed by atoms with E-state index in [0.29, 0.717) is 17.2 Å². The molecule has 1 aromatic carbocycles. The lowest BCUT2D eigenvalue weighted by Gasteiger charge is -2.09. The number of carbonyl (C=O) groups excluding carboxylic acids is 1.